The van der Waals surface area contributed by atoms with Gasteiger partial charge < -0.3 is 10.5 Å². The largest absolute Gasteiger partial charge is 0.462 e. The quantitative estimate of drug-likeness (QED) is 0.227. The highest BCUT2D eigenvalue weighted by atomic mass is 16.5. The second-order valence-corrected chi connectivity index (χ2v) is 2.24. The summed E-state index contributed by atoms with van der Waals surface area (Å²) in [5, 5.41) is 0. The molecule has 0 aliphatic heterocycles. The van der Waals surface area contributed by atoms with Crippen molar-refractivity contribution in [1.29, 1.82) is 0 Å². The molecule has 0 saturated carbocycles. The molecule has 4 heteroatoms. The summed E-state index contributed by atoms with van der Waals surface area (Å²) in [6.45, 7) is 3.22. The minimum Gasteiger partial charge on any atom is -0.462 e. The van der Waals surface area contributed by atoms with E-state index in [9.17, 15) is 9.59 Å². The minimum absolute atomic E-state index is 0.00329. The number of esters is 1. The van der Waals surface area contributed by atoms with Crippen LogP contribution in [0.3, 0.4) is 0 Å². The van der Waals surface area contributed by atoms with Crippen molar-refractivity contribution >= 4 is 11.8 Å². The van der Waals surface area contributed by atoms with Crippen LogP contribution in [0, 0.1) is 0 Å². The molecule has 0 radical (unpaired) electrons. The second kappa shape index (κ2) is 5.99. The topological polar surface area (TPSA) is 69.4 Å². The molecule has 0 heterocycles. The first-order chi connectivity index (χ1) is 6.13. The van der Waals surface area contributed by atoms with E-state index in [4.69, 9.17) is 5.73 Å². The number of Topliss-reactive ketones (excluding diaryl/α,β-unsaturated/α-hetero) is 1. The Kier molecular flexibility index (Phi) is 5.27. The van der Waals surface area contributed by atoms with Gasteiger partial charge >= 0.3 is 5.97 Å². The predicted octanol–water partition coefficient (Wildman–Crippen LogP) is 0.537. The lowest BCUT2D eigenvalue weighted by Crippen LogP contribution is -2.13. The summed E-state index contributed by atoms with van der Waals surface area (Å²) >= 11 is 0. The van der Waals surface area contributed by atoms with Gasteiger partial charge in [0, 0.05) is 0 Å². The van der Waals surface area contributed by atoms with E-state index < -0.39 is 5.97 Å². The Morgan fingerprint density at radius 1 is 1.46 bits per heavy atom. The van der Waals surface area contributed by atoms with Gasteiger partial charge in [0.15, 0.2) is 5.78 Å². The third kappa shape index (κ3) is 4.10. The first-order valence-electron chi connectivity index (χ1n) is 3.90. The maximum absolute atomic E-state index is 11.1. The summed E-state index contributed by atoms with van der Waals surface area (Å²) in [7, 11) is 0. The highest BCUT2D eigenvalue weighted by molar-refractivity contribution is 6.16. The summed E-state index contributed by atoms with van der Waals surface area (Å²) in [4.78, 5) is 22.0. The fourth-order valence-electron chi connectivity index (χ4n) is 0.690. The lowest BCUT2D eigenvalue weighted by molar-refractivity contribution is -0.139. The number of hydrogen-bond donors (Lipinski definition) is 1. The summed E-state index contributed by atoms with van der Waals surface area (Å²) < 4.78 is 4.66. The summed E-state index contributed by atoms with van der Waals surface area (Å²) in [5.74, 6) is -0.954. The van der Waals surface area contributed by atoms with Gasteiger partial charge in [-0.15, -0.1) is 0 Å². The van der Waals surface area contributed by atoms with Crippen LogP contribution in [0.1, 0.15) is 13.8 Å². The van der Waals surface area contributed by atoms with Crippen molar-refractivity contribution in [3.8, 4) is 0 Å². The Hall–Kier alpha value is -1.58. The van der Waals surface area contributed by atoms with Gasteiger partial charge in [0.1, 0.15) is 5.57 Å². The van der Waals surface area contributed by atoms with Gasteiger partial charge in [0.05, 0.1) is 6.61 Å². The maximum Gasteiger partial charge on any atom is 0.341 e. The fraction of sp³-hybridized carbons (Fsp3) is 0.333. The molecule has 0 aliphatic carbocycles. The molecule has 0 rings (SSSR count). The monoisotopic (exact) mass is 183 g/mol. The standard InChI is InChI=1S/C9H13NO3/c1-3-13-9(12)8(7(2)11)5-4-6-10/h4-6H,3,10H2,1-2H3. The molecular formula is C9H13NO3. The van der Waals surface area contributed by atoms with Crippen LogP contribution in [0.2, 0.25) is 0 Å². The van der Waals surface area contributed by atoms with Gasteiger partial charge in [-0.3, -0.25) is 4.79 Å². The Bertz CT molecular complexity index is 254. The first-order valence-corrected chi connectivity index (χ1v) is 3.90. The predicted molar refractivity (Wildman–Crippen MR) is 48.7 cm³/mol. The van der Waals surface area contributed by atoms with Gasteiger partial charge in [-0.1, -0.05) is 0 Å². The molecule has 0 bridgehead atoms. The third-order valence-electron chi connectivity index (χ3n) is 1.25. The number of nitrogens with two attached hydrogens (primary N) is 1. The molecule has 13 heavy (non-hydrogen) atoms. The minimum atomic E-state index is -0.617. The molecule has 72 valence electrons. The van der Waals surface area contributed by atoms with E-state index in [1.54, 1.807) is 6.92 Å². The van der Waals surface area contributed by atoms with E-state index in [-0.39, 0.29) is 18.0 Å². The number of hydrogen-bond acceptors (Lipinski definition) is 4. The van der Waals surface area contributed by atoms with Crippen LogP contribution in [-0.4, -0.2) is 18.4 Å². The third-order valence-corrected chi connectivity index (χ3v) is 1.25. The Morgan fingerprint density at radius 2 is 2.08 bits per heavy atom. The molecule has 0 saturated heterocycles. The second-order valence-electron chi connectivity index (χ2n) is 2.24. The normalized spacial score (nSPS) is 11.7. The molecule has 0 aromatic heterocycles. The van der Waals surface area contributed by atoms with Crippen LogP contribution in [0.15, 0.2) is 23.9 Å². The molecule has 2 N–H and O–H groups in total. The van der Waals surface area contributed by atoms with Crippen LogP contribution in [0.25, 0.3) is 0 Å². The molecule has 0 atom stereocenters. The SMILES string of the molecule is CCOC(=O)C(=CC=CN)C(C)=O. The lowest BCUT2D eigenvalue weighted by atomic mass is 10.2. The van der Waals surface area contributed by atoms with Gasteiger partial charge in [-0.05, 0) is 32.2 Å². The molecule has 0 aromatic carbocycles. The van der Waals surface area contributed by atoms with E-state index in [0.717, 1.165) is 0 Å². The van der Waals surface area contributed by atoms with Crippen molar-refractivity contribution < 1.29 is 14.3 Å². The van der Waals surface area contributed by atoms with Gasteiger partial charge in [0.2, 0.25) is 0 Å². The smallest absolute Gasteiger partial charge is 0.341 e. The summed E-state index contributed by atoms with van der Waals surface area (Å²) in [6, 6.07) is 0. The zero-order valence-corrected chi connectivity index (χ0v) is 7.74. The summed E-state index contributed by atoms with van der Waals surface area (Å²) in [6.07, 6.45) is 3.98. The zero-order valence-electron chi connectivity index (χ0n) is 7.74. The maximum atomic E-state index is 11.1. The van der Waals surface area contributed by atoms with Crippen molar-refractivity contribution in [3.63, 3.8) is 0 Å². The molecule has 4 nitrogen and oxygen atoms in total. The van der Waals surface area contributed by atoms with Crippen molar-refractivity contribution in [2.75, 3.05) is 6.61 Å². The number of ketones is 1. The summed E-state index contributed by atoms with van der Waals surface area (Å²) in [5.41, 5.74) is 5.07. The average Bonchev–Trinajstić information content (AvgIpc) is 2.05. The number of rotatable bonds is 4. The van der Waals surface area contributed by atoms with E-state index in [2.05, 4.69) is 4.74 Å². The van der Waals surface area contributed by atoms with Crippen LogP contribution in [0.5, 0.6) is 0 Å². The molecular weight excluding hydrogens is 170 g/mol. The molecule has 0 aliphatic rings. The number of ether oxygens (including phenoxy) is 1. The first kappa shape index (κ1) is 11.4. The van der Waals surface area contributed by atoms with Crippen LogP contribution in [-0.2, 0) is 14.3 Å². The van der Waals surface area contributed by atoms with E-state index >= 15 is 0 Å². The zero-order chi connectivity index (χ0) is 10.3. The van der Waals surface area contributed by atoms with E-state index in [1.807, 2.05) is 0 Å². The Labute approximate surface area is 77.1 Å². The van der Waals surface area contributed by atoms with Gasteiger partial charge in [-0.2, -0.15) is 0 Å². The number of carbonyl (C=O) groups is 2. The highest BCUT2D eigenvalue weighted by Gasteiger charge is 2.13. The van der Waals surface area contributed by atoms with Crippen LogP contribution >= 0.6 is 0 Å². The van der Waals surface area contributed by atoms with Crippen LogP contribution in [0.4, 0.5) is 0 Å². The number of carbonyl (C=O) groups excluding carboxylic acids is 2. The lowest BCUT2D eigenvalue weighted by Gasteiger charge is -2.01. The van der Waals surface area contributed by atoms with E-state index in [1.165, 1.54) is 25.3 Å². The molecule has 0 aromatic rings. The molecule has 0 unspecified atom stereocenters. The average molecular weight is 183 g/mol. The van der Waals surface area contributed by atoms with Gasteiger partial charge in [-0.25, -0.2) is 4.79 Å². The van der Waals surface area contributed by atoms with Crippen LogP contribution < -0.4 is 5.73 Å². The molecule has 0 spiro atoms. The highest BCUT2D eigenvalue weighted by Crippen LogP contribution is 2.00. The molecule has 0 fully saturated rings. The Morgan fingerprint density at radius 3 is 2.46 bits per heavy atom. The Balaban J connectivity index is 4.61. The fourth-order valence-corrected chi connectivity index (χ4v) is 0.690. The van der Waals surface area contributed by atoms with Crippen molar-refractivity contribution in [2.24, 2.45) is 5.73 Å². The van der Waals surface area contributed by atoms with E-state index in [0.29, 0.717) is 0 Å². The van der Waals surface area contributed by atoms with Gasteiger partial charge in [0.25, 0.3) is 0 Å². The molecule has 0 amide bonds. The van der Waals surface area contributed by atoms with Crippen molar-refractivity contribution in [3.05, 3.63) is 23.9 Å². The van der Waals surface area contributed by atoms with Crippen molar-refractivity contribution in [1.82, 2.24) is 0 Å². The van der Waals surface area contributed by atoms with Crippen molar-refractivity contribution in [2.45, 2.75) is 13.8 Å². The number of allylic oxidation sites excluding steroid dienone is 2.